The maximum Gasteiger partial charge on any atom is 0.303 e. The molecule has 0 fully saturated rings. The lowest BCUT2D eigenvalue weighted by Crippen LogP contribution is -2.32. The molecule has 0 heterocycles. The van der Waals surface area contributed by atoms with Crippen LogP contribution in [0.5, 0.6) is 0 Å². The van der Waals surface area contributed by atoms with Gasteiger partial charge in [0.1, 0.15) is 0 Å². The molecule has 0 spiro atoms. The zero-order valence-electron chi connectivity index (χ0n) is 20.5. The Kier molecular flexibility index (Phi) is 34.3. The predicted octanol–water partition coefficient (Wildman–Crippen LogP) is 3.40. The Hall–Kier alpha value is -0.560. The number of hydrogen-bond acceptors (Lipinski definition) is 6. The standard InChI is InChI=1S/C18H34O3.C6H15NO3.H3P/c1-2-3-4-11-14-17(19)15-12-9-7-5-6-8-10-13-16-18(20)21;8-4-1-7(2-5-9)3-6-10;/h9,12,17,19H,2-8,10-11,13-16H2,1H3,(H,20,21);8-10H,1-6H2;1H3/b12-9-;;. The van der Waals surface area contributed by atoms with Crippen LogP contribution in [0.3, 0.4) is 0 Å². The average Bonchev–Trinajstić information content (AvgIpc) is 2.73. The molecule has 0 aliphatic carbocycles. The van der Waals surface area contributed by atoms with E-state index in [0.717, 1.165) is 51.4 Å². The van der Waals surface area contributed by atoms with Crippen molar-refractivity contribution in [1.82, 2.24) is 4.90 Å². The van der Waals surface area contributed by atoms with Crippen LogP contribution in [0.25, 0.3) is 0 Å². The second kappa shape index (κ2) is 30.4. The fourth-order valence-corrected chi connectivity index (χ4v) is 3.12. The molecule has 2 atom stereocenters. The number of aliphatic hydroxyl groups is 4. The Bertz CT molecular complexity index is 384. The fraction of sp³-hybridized carbons (Fsp3) is 0.875. The maximum absolute atomic E-state index is 10.3. The van der Waals surface area contributed by atoms with Crippen molar-refractivity contribution in [1.29, 1.82) is 0 Å². The van der Waals surface area contributed by atoms with Crippen molar-refractivity contribution in [2.45, 2.75) is 96.5 Å². The van der Waals surface area contributed by atoms with Crippen molar-refractivity contribution in [3.8, 4) is 0 Å². The van der Waals surface area contributed by atoms with Crippen molar-refractivity contribution < 1.29 is 30.3 Å². The van der Waals surface area contributed by atoms with Gasteiger partial charge in [-0.15, -0.1) is 0 Å². The fourth-order valence-electron chi connectivity index (χ4n) is 3.12. The molecule has 0 amide bonds. The zero-order valence-corrected chi connectivity index (χ0v) is 21.9. The van der Waals surface area contributed by atoms with Gasteiger partial charge >= 0.3 is 5.97 Å². The molecule has 0 aromatic rings. The van der Waals surface area contributed by atoms with Crippen LogP contribution < -0.4 is 0 Å². The number of rotatable bonds is 21. The van der Waals surface area contributed by atoms with Crippen molar-refractivity contribution in [2.75, 3.05) is 39.5 Å². The van der Waals surface area contributed by atoms with E-state index < -0.39 is 5.97 Å². The second-order valence-corrected chi connectivity index (χ2v) is 7.92. The topological polar surface area (TPSA) is 121 Å². The summed E-state index contributed by atoms with van der Waals surface area (Å²) in [4.78, 5) is 12.1. The van der Waals surface area contributed by atoms with E-state index in [9.17, 15) is 9.90 Å². The van der Waals surface area contributed by atoms with Gasteiger partial charge in [-0.25, -0.2) is 0 Å². The number of carboxylic acids is 1. The molecule has 7 nitrogen and oxygen atoms in total. The van der Waals surface area contributed by atoms with Crippen molar-refractivity contribution in [3.05, 3.63) is 12.2 Å². The van der Waals surface area contributed by atoms with Crippen LogP contribution in [0.2, 0.25) is 0 Å². The highest BCUT2D eigenvalue weighted by molar-refractivity contribution is 6.92. The first-order valence-corrected chi connectivity index (χ1v) is 12.1. The van der Waals surface area contributed by atoms with E-state index in [1.54, 1.807) is 4.90 Å². The van der Waals surface area contributed by atoms with Crippen molar-refractivity contribution >= 4 is 15.9 Å². The molecular formula is C24H52NO6P. The molecule has 2 unspecified atom stereocenters. The highest BCUT2D eigenvalue weighted by Gasteiger charge is 2.01. The van der Waals surface area contributed by atoms with Gasteiger partial charge in [-0.1, -0.05) is 64.0 Å². The summed E-state index contributed by atoms with van der Waals surface area (Å²) in [6.07, 6.45) is 17.4. The summed E-state index contributed by atoms with van der Waals surface area (Å²) in [5, 5.41) is 43.8. The third-order valence-electron chi connectivity index (χ3n) is 4.98. The van der Waals surface area contributed by atoms with Crippen molar-refractivity contribution in [2.24, 2.45) is 0 Å². The van der Waals surface area contributed by atoms with Gasteiger partial charge in [-0.05, 0) is 32.1 Å². The minimum absolute atomic E-state index is 0. The number of aliphatic carboxylic acids is 1. The molecule has 0 rings (SSSR count). The lowest BCUT2D eigenvalue weighted by Gasteiger charge is -2.17. The van der Waals surface area contributed by atoms with Crippen molar-refractivity contribution in [3.63, 3.8) is 0 Å². The summed E-state index contributed by atoms with van der Waals surface area (Å²) in [5.74, 6) is -0.689. The highest BCUT2D eigenvalue weighted by atomic mass is 31.0. The van der Waals surface area contributed by atoms with Crippen LogP contribution in [-0.2, 0) is 4.79 Å². The summed E-state index contributed by atoms with van der Waals surface area (Å²) >= 11 is 0. The molecule has 0 saturated carbocycles. The first-order chi connectivity index (χ1) is 15.0. The van der Waals surface area contributed by atoms with E-state index in [0.29, 0.717) is 26.1 Å². The van der Waals surface area contributed by atoms with E-state index in [1.165, 1.54) is 25.7 Å². The molecule has 0 radical (unpaired) electrons. The first kappa shape index (κ1) is 36.0. The maximum atomic E-state index is 10.3. The molecule has 8 heteroatoms. The Morgan fingerprint density at radius 1 is 0.812 bits per heavy atom. The van der Waals surface area contributed by atoms with Gasteiger partial charge in [0.05, 0.1) is 25.9 Å². The third kappa shape index (κ3) is 31.6. The molecule has 32 heavy (non-hydrogen) atoms. The van der Waals surface area contributed by atoms with Crippen LogP contribution in [0.1, 0.15) is 90.4 Å². The zero-order chi connectivity index (χ0) is 23.6. The van der Waals surface area contributed by atoms with Gasteiger partial charge in [0.25, 0.3) is 0 Å². The number of carboxylic acid groups (broad SMARTS) is 1. The van der Waals surface area contributed by atoms with Crippen LogP contribution in [0.15, 0.2) is 12.2 Å². The molecule has 0 aromatic heterocycles. The van der Waals surface area contributed by atoms with E-state index in [-0.39, 0.29) is 35.8 Å². The second-order valence-electron chi connectivity index (χ2n) is 7.92. The Balaban J connectivity index is -0.000000646. The third-order valence-corrected chi connectivity index (χ3v) is 4.98. The number of aliphatic hydroxyl groups excluding tert-OH is 4. The number of nitrogens with zero attached hydrogens (tertiary/aromatic N) is 1. The molecule has 5 N–H and O–H groups in total. The minimum Gasteiger partial charge on any atom is -0.481 e. The quantitative estimate of drug-likeness (QED) is 0.0968. The van der Waals surface area contributed by atoms with Gasteiger partial charge in [-0.2, -0.15) is 9.90 Å². The molecule has 0 aliphatic heterocycles. The van der Waals surface area contributed by atoms with E-state index in [1.807, 2.05) is 0 Å². The summed E-state index contributed by atoms with van der Waals surface area (Å²) in [5.41, 5.74) is 0. The van der Waals surface area contributed by atoms with Gasteiger partial charge in [0.15, 0.2) is 0 Å². The van der Waals surface area contributed by atoms with Crippen LogP contribution in [0.4, 0.5) is 0 Å². The summed E-state index contributed by atoms with van der Waals surface area (Å²) < 4.78 is 0. The van der Waals surface area contributed by atoms with Gasteiger partial charge in [0, 0.05) is 26.1 Å². The molecule has 194 valence electrons. The SMILES string of the molecule is CCCCCCC(O)C/C=C\CCCCCCCC(=O)O.OCCN(CCO)CCO.P. The molecule has 0 aliphatic rings. The molecule has 0 bridgehead atoms. The summed E-state index contributed by atoms with van der Waals surface area (Å²) in [6.45, 7) is 3.95. The van der Waals surface area contributed by atoms with Crippen LogP contribution in [-0.4, -0.2) is 82.0 Å². The predicted molar refractivity (Wildman–Crippen MR) is 137 cm³/mol. The van der Waals surface area contributed by atoms with E-state index in [4.69, 9.17) is 20.4 Å². The van der Waals surface area contributed by atoms with Gasteiger partial charge in [0.2, 0.25) is 0 Å². The normalized spacial score (nSPS) is 11.8. The van der Waals surface area contributed by atoms with E-state index in [2.05, 4.69) is 19.1 Å². The van der Waals surface area contributed by atoms with Gasteiger partial charge < -0.3 is 25.5 Å². The Morgan fingerprint density at radius 3 is 1.88 bits per heavy atom. The molecular weight excluding hydrogens is 429 g/mol. The van der Waals surface area contributed by atoms with E-state index >= 15 is 0 Å². The number of unbranched alkanes of at least 4 members (excludes halogenated alkanes) is 8. The first-order valence-electron chi connectivity index (χ1n) is 12.1. The monoisotopic (exact) mass is 481 g/mol. The molecule has 0 saturated heterocycles. The number of carbonyl (C=O) groups is 1. The molecule has 0 aromatic carbocycles. The minimum atomic E-state index is -0.689. The number of allylic oxidation sites excluding steroid dienone is 1. The van der Waals surface area contributed by atoms with Gasteiger partial charge in [-0.3, -0.25) is 9.69 Å². The largest absolute Gasteiger partial charge is 0.481 e. The Morgan fingerprint density at radius 2 is 1.34 bits per heavy atom. The number of hydrogen-bond donors (Lipinski definition) is 5. The van der Waals surface area contributed by atoms with Crippen LogP contribution >= 0.6 is 9.90 Å². The summed E-state index contributed by atoms with van der Waals surface area (Å²) in [6, 6.07) is 0. The lowest BCUT2D eigenvalue weighted by molar-refractivity contribution is -0.137. The lowest BCUT2D eigenvalue weighted by atomic mass is 10.1. The Labute approximate surface area is 199 Å². The van der Waals surface area contributed by atoms with Crippen LogP contribution in [0, 0.1) is 0 Å². The highest BCUT2D eigenvalue weighted by Crippen LogP contribution is 2.10. The smallest absolute Gasteiger partial charge is 0.303 e. The summed E-state index contributed by atoms with van der Waals surface area (Å²) in [7, 11) is 0. The average molecular weight is 482 g/mol.